The molecule has 0 bridgehead atoms. The topological polar surface area (TPSA) is 125 Å². The largest absolute Gasteiger partial charge is 0.507 e. The van der Waals surface area contributed by atoms with Crippen molar-refractivity contribution in [2.75, 3.05) is 45.8 Å². The van der Waals surface area contributed by atoms with Gasteiger partial charge in [-0.2, -0.15) is 0 Å². The molecule has 0 aliphatic carbocycles. The van der Waals surface area contributed by atoms with E-state index >= 15 is 0 Å². The number of rotatable bonds is 10. The van der Waals surface area contributed by atoms with Gasteiger partial charge in [0.2, 0.25) is 10.0 Å². The first kappa shape index (κ1) is 28.5. The number of ketones is 1. The molecule has 2 aliphatic heterocycles. The number of Topliss-reactive ketones (excluding diaryl/α,β-unsaturated/α-hetero) is 1. The monoisotopic (exact) mass is 555 g/mol. The summed E-state index contributed by atoms with van der Waals surface area (Å²) in [7, 11) is 0.595. The maximum atomic E-state index is 14.4. The molecule has 1 atom stereocenters. The van der Waals surface area contributed by atoms with Crippen LogP contribution in [0.25, 0.3) is 5.76 Å². The second kappa shape index (κ2) is 10.9. The van der Waals surface area contributed by atoms with Gasteiger partial charge in [-0.25, -0.2) is 12.7 Å². The predicted octanol–water partition coefficient (Wildman–Crippen LogP) is 2.70. The zero-order valence-corrected chi connectivity index (χ0v) is 23.3. The van der Waals surface area contributed by atoms with Crippen LogP contribution in [-0.2, 0) is 34.7 Å². The molecule has 1 unspecified atom stereocenters. The highest BCUT2D eigenvalue weighted by molar-refractivity contribution is 7.89. The van der Waals surface area contributed by atoms with Crippen molar-refractivity contribution in [3.8, 4) is 0 Å². The molecule has 2 heterocycles. The van der Waals surface area contributed by atoms with Gasteiger partial charge in [-0.05, 0) is 43.2 Å². The Labute approximate surface area is 228 Å². The summed E-state index contributed by atoms with van der Waals surface area (Å²) in [5.74, 6) is -2.89. The van der Waals surface area contributed by atoms with Crippen LogP contribution in [0.15, 0.2) is 59.0 Å². The predicted molar refractivity (Wildman–Crippen MR) is 145 cm³/mol. The quantitative estimate of drug-likeness (QED) is 0.207. The number of para-hydroxylation sites is 1. The lowest BCUT2D eigenvalue weighted by molar-refractivity contribution is -0.143. The van der Waals surface area contributed by atoms with E-state index in [1.54, 1.807) is 29.2 Å². The molecule has 1 spiro atoms. The van der Waals surface area contributed by atoms with Gasteiger partial charge in [-0.3, -0.25) is 14.4 Å². The van der Waals surface area contributed by atoms with E-state index < -0.39 is 38.9 Å². The minimum Gasteiger partial charge on any atom is -0.507 e. The van der Waals surface area contributed by atoms with E-state index in [2.05, 4.69) is 0 Å². The van der Waals surface area contributed by atoms with Gasteiger partial charge in [0.25, 0.3) is 17.6 Å². The molecule has 4 rings (SSSR count). The van der Waals surface area contributed by atoms with Crippen molar-refractivity contribution in [3.63, 3.8) is 0 Å². The lowest BCUT2D eigenvalue weighted by Crippen LogP contribution is -2.52. The average Bonchev–Trinajstić information content (AvgIpc) is 3.30. The Morgan fingerprint density at radius 1 is 1.00 bits per heavy atom. The number of nitrogens with zero attached hydrogens (tertiary/aromatic N) is 3. The van der Waals surface area contributed by atoms with Crippen molar-refractivity contribution in [3.05, 3.63) is 65.2 Å². The molecule has 2 aromatic rings. The number of hydrogen-bond acceptors (Lipinski definition) is 7. The third-order valence-corrected chi connectivity index (χ3v) is 9.01. The normalized spacial score (nSPS) is 20.5. The second-order valence-electron chi connectivity index (χ2n) is 9.71. The number of fused-ring (bicyclic) bond motifs is 2. The Kier molecular flexibility index (Phi) is 7.97. The summed E-state index contributed by atoms with van der Waals surface area (Å²) >= 11 is 0. The van der Waals surface area contributed by atoms with Crippen LogP contribution < -0.4 is 4.90 Å². The summed E-state index contributed by atoms with van der Waals surface area (Å²) < 4.78 is 31.3. The summed E-state index contributed by atoms with van der Waals surface area (Å²) in [5.41, 5.74) is -1.06. The average molecular weight is 556 g/mol. The molecule has 0 radical (unpaired) electrons. The molecule has 1 fully saturated rings. The number of sulfonamides is 1. The maximum absolute atomic E-state index is 14.4. The zero-order chi connectivity index (χ0) is 28.5. The van der Waals surface area contributed by atoms with E-state index in [1.165, 1.54) is 50.4 Å². The van der Waals surface area contributed by atoms with Crippen LogP contribution in [0.3, 0.4) is 0 Å². The van der Waals surface area contributed by atoms with Crippen LogP contribution in [0.2, 0.25) is 0 Å². The van der Waals surface area contributed by atoms with Crippen LogP contribution in [-0.4, -0.2) is 81.2 Å². The molecule has 11 heteroatoms. The van der Waals surface area contributed by atoms with E-state index in [0.717, 1.165) is 10.7 Å². The first-order valence-corrected chi connectivity index (χ1v) is 14.2. The van der Waals surface area contributed by atoms with Gasteiger partial charge >= 0.3 is 0 Å². The maximum Gasteiger partial charge on any atom is 0.296 e. The number of unbranched alkanes of at least 4 members (excludes halogenated alkanes) is 1. The van der Waals surface area contributed by atoms with Crippen LogP contribution in [0.1, 0.15) is 37.3 Å². The van der Waals surface area contributed by atoms with Crippen molar-refractivity contribution < 1.29 is 32.6 Å². The number of anilines is 1. The molecule has 1 N–H and O–H groups in total. The number of likely N-dealkylation sites (tertiary alicyclic amines) is 1. The fourth-order valence-corrected chi connectivity index (χ4v) is 6.11. The summed E-state index contributed by atoms with van der Waals surface area (Å²) in [4.78, 5) is 44.3. The third kappa shape index (κ3) is 4.44. The molecule has 2 amide bonds. The van der Waals surface area contributed by atoms with Gasteiger partial charge in [-0.15, -0.1) is 0 Å². The molecule has 208 valence electrons. The van der Waals surface area contributed by atoms with E-state index in [1.807, 2.05) is 6.92 Å². The highest BCUT2D eigenvalue weighted by Crippen LogP contribution is 2.53. The van der Waals surface area contributed by atoms with E-state index in [9.17, 15) is 27.9 Å². The lowest BCUT2D eigenvalue weighted by Gasteiger charge is -2.34. The van der Waals surface area contributed by atoms with Gasteiger partial charge in [0.15, 0.2) is 5.54 Å². The first-order valence-electron chi connectivity index (χ1n) is 12.8. The zero-order valence-electron chi connectivity index (χ0n) is 22.5. The molecular weight excluding hydrogens is 522 g/mol. The Morgan fingerprint density at radius 3 is 2.28 bits per heavy atom. The highest BCUT2D eigenvalue weighted by atomic mass is 32.2. The van der Waals surface area contributed by atoms with Crippen molar-refractivity contribution in [1.82, 2.24) is 9.21 Å². The molecule has 2 aromatic carbocycles. The summed E-state index contributed by atoms with van der Waals surface area (Å²) in [6.07, 6.45) is 1.89. The van der Waals surface area contributed by atoms with Gasteiger partial charge < -0.3 is 19.6 Å². The number of carbonyl (C=O) groups excluding carboxylic acids is 3. The highest BCUT2D eigenvalue weighted by Gasteiger charge is 2.66. The number of methoxy groups -OCH3 is 1. The second-order valence-corrected chi connectivity index (χ2v) is 11.9. The van der Waals surface area contributed by atoms with E-state index in [-0.39, 0.29) is 22.6 Å². The minimum atomic E-state index is -3.73. The van der Waals surface area contributed by atoms with Crippen molar-refractivity contribution in [2.24, 2.45) is 0 Å². The van der Waals surface area contributed by atoms with Crippen molar-refractivity contribution in [2.45, 2.75) is 36.6 Å². The lowest BCUT2D eigenvalue weighted by atomic mass is 9.82. The van der Waals surface area contributed by atoms with Gasteiger partial charge in [-0.1, -0.05) is 31.5 Å². The van der Waals surface area contributed by atoms with Crippen LogP contribution >= 0.6 is 0 Å². The Balaban J connectivity index is 1.96. The molecule has 0 aromatic heterocycles. The number of ether oxygens (including phenoxy) is 1. The van der Waals surface area contributed by atoms with Crippen molar-refractivity contribution >= 4 is 39.1 Å². The van der Waals surface area contributed by atoms with Gasteiger partial charge in [0, 0.05) is 52.0 Å². The van der Waals surface area contributed by atoms with E-state index in [0.29, 0.717) is 37.2 Å². The molecule has 10 nitrogen and oxygen atoms in total. The standard InChI is InChI=1S/C28H33N3O7S/c1-5-6-16-30-22-11-8-7-10-21(22)28(27(30)35)23(25(33)26(34)31(28)17-9-18-38-4)24(32)19-12-14-20(15-13-19)39(36,37)29(2)3/h7-8,10-15,32H,5-6,9,16-18H2,1-4H3/b24-23+. The van der Waals surface area contributed by atoms with Gasteiger partial charge in [0.05, 0.1) is 16.2 Å². The molecule has 2 aliphatic rings. The van der Waals surface area contributed by atoms with Gasteiger partial charge in [0.1, 0.15) is 5.76 Å². The SMILES string of the molecule is CCCCN1C(=O)C2(/C(=C(/O)c3ccc(S(=O)(=O)N(C)C)cc3)C(=O)C(=O)N2CCCOC)c2ccccc21. The number of carbonyl (C=O) groups is 3. The van der Waals surface area contributed by atoms with E-state index in [4.69, 9.17) is 4.74 Å². The molecule has 39 heavy (non-hydrogen) atoms. The fraction of sp³-hybridized carbons (Fsp3) is 0.393. The Hall–Kier alpha value is -3.54. The van der Waals surface area contributed by atoms with Crippen LogP contribution in [0.5, 0.6) is 0 Å². The summed E-state index contributed by atoms with van der Waals surface area (Å²) in [6.45, 7) is 2.74. The third-order valence-electron chi connectivity index (χ3n) is 7.18. The number of aliphatic hydroxyl groups is 1. The summed E-state index contributed by atoms with van der Waals surface area (Å²) in [6, 6.07) is 12.3. The Bertz CT molecular complexity index is 1430. The first-order chi connectivity index (χ1) is 18.5. The smallest absolute Gasteiger partial charge is 0.296 e. The number of amides is 2. The Morgan fingerprint density at radius 2 is 1.67 bits per heavy atom. The van der Waals surface area contributed by atoms with Crippen LogP contribution in [0.4, 0.5) is 5.69 Å². The molecule has 1 saturated heterocycles. The molecular formula is C28H33N3O7S. The number of aliphatic hydroxyl groups excluding tert-OH is 1. The van der Waals surface area contributed by atoms with Crippen molar-refractivity contribution in [1.29, 1.82) is 0 Å². The summed E-state index contributed by atoms with van der Waals surface area (Å²) in [5, 5.41) is 11.6. The number of hydrogen-bond donors (Lipinski definition) is 1. The molecule has 0 saturated carbocycles. The minimum absolute atomic E-state index is 0.00758. The number of benzene rings is 2. The van der Waals surface area contributed by atoms with Crippen LogP contribution in [0, 0.1) is 0 Å². The fourth-order valence-electron chi connectivity index (χ4n) is 5.21.